The molecule has 1 heterocycles. The quantitative estimate of drug-likeness (QED) is 0.708. The Balaban J connectivity index is 3.05. The van der Waals surface area contributed by atoms with Crippen LogP contribution in [0.25, 0.3) is 0 Å². The van der Waals surface area contributed by atoms with Gasteiger partial charge in [0.05, 0.1) is 0 Å². The molecular weight excluding hydrogens is 152 g/mol. The van der Waals surface area contributed by atoms with E-state index in [0.717, 1.165) is 17.3 Å². The molecule has 12 heavy (non-hydrogen) atoms. The summed E-state index contributed by atoms with van der Waals surface area (Å²) < 4.78 is 0. The molecule has 0 saturated carbocycles. The van der Waals surface area contributed by atoms with Crippen molar-refractivity contribution in [2.24, 2.45) is 0 Å². The molecule has 0 unspecified atom stereocenters. The fourth-order valence-electron chi connectivity index (χ4n) is 0.901. The van der Waals surface area contributed by atoms with Crippen LogP contribution in [-0.4, -0.2) is 31.1 Å². The summed E-state index contributed by atoms with van der Waals surface area (Å²) in [6.45, 7) is 1.98. The lowest BCUT2D eigenvalue weighted by atomic mass is 10.3. The van der Waals surface area contributed by atoms with Crippen molar-refractivity contribution >= 4 is 11.8 Å². The molecule has 1 rings (SSSR count). The average molecular weight is 166 g/mol. The Labute approximate surface area is 72.6 Å². The van der Waals surface area contributed by atoms with Gasteiger partial charge in [-0.25, -0.2) is 4.98 Å². The topological polar surface area (TPSA) is 41.1 Å². The third-order valence-corrected chi connectivity index (χ3v) is 1.60. The normalized spacial score (nSPS) is 9.67. The highest BCUT2D eigenvalue weighted by molar-refractivity contribution is 5.46. The van der Waals surface area contributed by atoms with Gasteiger partial charge in [-0.3, -0.25) is 0 Å². The van der Waals surface area contributed by atoms with Gasteiger partial charge in [-0.05, 0) is 6.92 Å². The van der Waals surface area contributed by atoms with E-state index in [4.69, 9.17) is 0 Å². The first kappa shape index (κ1) is 8.77. The van der Waals surface area contributed by atoms with Crippen molar-refractivity contribution in [2.75, 3.05) is 31.4 Å². The van der Waals surface area contributed by atoms with E-state index in [1.807, 2.05) is 39.2 Å². The molecule has 66 valence electrons. The lowest BCUT2D eigenvalue weighted by molar-refractivity contribution is 0.989. The first-order chi connectivity index (χ1) is 5.65. The molecule has 0 fully saturated rings. The summed E-state index contributed by atoms with van der Waals surface area (Å²) in [4.78, 5) is 10.3. The molecule has 0 bridgehead atoms. The Morgan fingerprint density at radius 2 is 2.08 bits per heavy atom. The molecule has 0 saturated heterocycles. The Morgan fingerprint density at radius 3 is 2.58 bits per heavy atom. The fraction of sp³-hybridized carbons (Fsp3) is 0.500. The second-order valence-corrected chi connectivity index (χ2v) is 2.85. The van der Waals surface area contributed by atoms with Gasteiger partial charge in [0.2, 0.25) is 5.95 Å². The average Bonchev–Trinajstić information content (AvgIpc) is 2.05. The van der Waals surface area contributed by atoms with E-state index in [2.05, 4.69) is 15.3 Å². The minimum atomic E-state index is 0.727. The predicted octanol–water partition coefficient (Wildman–Crippen LogP) is 0.893. The van der Waals surface area contributed by atoms with Gasteiger partial charge in [-0.1, -0.05) is 0 Å². The van der Waals surface area contributed by atoms with E-state index in [9.17, 15) is 0 Å². The maximum absolute atomic E-state index is 4.29. The molecule has 0 radical (unpaired) electrons. The van der Waals surface area contributed by atoms with Crippen molar-refractivity contribution in [2.45, 2.75) is 6.92 Å². The highest BCUT2D eigenvalue weighted by Crippen LogP contribution is 2.12. The standard InChI is InChI=1S/C8H14N4/c1-6-5-10-8(12(3)4)11-7(6)9-2/h5H,1-4H3,(H,9,10,11). The molecule has 0 amide bonds. The number of aryl methyl sites for hydroxylation is 1. The van der Waals surface area contributed by atoms with E-state index < -0.39 is 0 Å². The van der Waals surface area contributed by atoms with Crippen LogP contribution in [0.5, 0.6) is 0 Å². The maximum atomic E-state index is 4.29. The van der Waals surface area contributed by atoms with Gasteiger partial charge in [0.25, 0.3) is 0 Å². The fourth-order valence-corrected chi connectivity index (χ4v) is 0.901. The first-order valence-corrected chi connectivity index (χ1v) is 3.84. The SMILES string of the molecule is CNc1nc(N(C)C)ncc1C. The van der Waals surface area contributed by atoms with Gasteiger partial charge in [-0.2, -0.15) is 4.98 Å². The zero-order valence-corrected chi connectivity index (χ0v) is 7.92. The van der Waals surface area contributed by atoms with Gasteiger partial charge in [-0.15, -0.1) is 0 Å². The monoisotopic (exact) mass is 166 g/mol. The Morgan fingerprint density at radius 1 is 1.42 bits per heavy atom. The second-order valence-electron chi connectivity index (χ2n) is 2.85. The largest absolute Gasteiger partial charge is 0.373 e. The second kappa shape index (κ2) is 3.38. The molecule has 1 aromatic heterocycles. The van der Waals surface area contributed by atoms with Crippen molar-refractivity contribution in [3.8, 4) is 0 Å². The van der Waals surface area contributed by atoms with E-state index in [1.54, 1.807) is 0 Å². The van der Waals surface area contributed by atoms with Crippen LogP contribution < -0.4 is 10.2 Å². The van der Waals surface area contributed by atoms with Crippen LogP contribution in [0.1, 0.15) is 5.56 Å². The molecule has 1 aromatic rings. The summed E-state index contributed by atoms with van der Waals surface area (Å²) in [7, 11) is 5.70. The van der Waals surface area contributed by atoms with Gasteiger partial charge in [0.15, 0.2) is 0 Å². The molecule has 0 aliphatic heterocycles. The Kier molecular flexibility index (Phi) is 2.47. The van der Waals surface area contributed by atoms with Crippen LogP contribution in [0.4, 0.5) is 11.8 Å². The van der Waals surface area contributed by atoms with Crippen LogP contribution in [-0.2, 0) is 0 Å². The third kappa shape index (κ3) is 1.64. The maximum Gasteiger partial charge on any atom is 0.226 e. The van der Waals surface area contributed by atoms with Crippen molar-refractivity contribution in [1.82, 2.24) is 9.97 Å². The highest BCUT2D eigenvalue weighted by atomic mass is 15.2. The van der Waals surface area contributed by atoms with E-state index >= 15 is 0 Å². The van der Waals surface area contributed by atoms with Crippen LogP contribution in [0.15, 0.2) is 6.20 Å². The van der Waals surface area contributed by atoms with Gasteiger partial charge < -0.3 is 10.2 Å². The van der Waals surface area contributed by atoms with Crippen molar-refractivity contribution < 1.29 is 0 Å². The summed E-state index contributed by atoms with van der Waals surface area (Å²) in [5.74, 6) is 1.61. The van der Waals surface area contributed by atoms with Crippen LogP contribution >= 0.6 is 0 Å². The molecular formula is C8H14N4. The third-order valence-electron chi connectivity index (χ3n) is 1.60. The molecule has 1 N–H and O–H groups in total. The van der Waals surface area contributed by atoms with Crippen LogP contribution in [0, 0.1) is 6.92 Å². The van der Waals surface area contributed by atoms with E-state index in [-0.39, 0.29) is 0 Å². The smallest absolute Gasteiger partial charge is 0.226 e. The number of hydrogen-bond donors (Lipinski definition) is 1. The highest BCUT2D eigenvalue weighted by Gasteiger charge is 2.02. The molecule has 0 aromatic carbocycles. The number of nitrogens with one attached hydrogen (secondary N) is 1. The van der Waals surface area contributed by atoms with Gasteiger partial charge in [0.1, 0.15) is 5.82 Å². The minimum Gasteiger partial charge on any atom is -0.373 e. The van der Waals surface area contributed by atoms with E-state index in [1.165, 1.54) is 0 Å². The van der Waals surface area contributed by atoms with Crippen LogP contribution in [0.3, 0.4) is 0 Å². The summed E-state index contributed by atoms with van der Waals surface area (Å²) in [6, 6.07) is 0. The molecule has 4 heteroatoms. The Bertz CT molecular complexity index is 270. The molecule has 0 aliphatic rings. The zero-order chi connectivity index (χ0) is 9.14. The minimum absolute atomic E-state index is 0.727. The lowest BCUT2D eigenvalue weighted by Crippen LogP contribution is -2.13. The number of anilines is 2. The van der Waals surface area contributed by atoms with Crippen molar-refractivity contribution in [3.05, 3.63) is 11.8 Å². The number of hydrogen-bond acceptors (Lipinski definition) is 4. The predicted molar refractivity (Wildman–Crippen MR) is 50.6 cm³/mol. The summed E-state index contributed by atoms with van der Waals surface area (Å²) in [6.07, 6.45) is 1.81. The van der Waals surface area contributed by atoms with Crippen molar-refractivity contribution in [1.29, 1.82) is 0 Å². The molecule has 4 nitrogen and oxygen atoms in total. The lowest BCUT2D eigenvalue weighted by Gasteiger charge is -2.11. The number of aromatic nitrogens is 2. The van der Waals surface area contributed by atoms with Crippen molar-refractivity contribution in [3.63, 3.8) is 0 Å². The molecule has 0 aliphatic carbocycles. The van der Waals surface area contributed by atoms with Gasteiger partial charge >= 0.3 is 0 Å². The molecule has 0 spiro atoms. The van der Waals surface area contributed by atoms with Crippen LogP contribution in [0.2, 0.25) is 0 Å². The Hall–Kier alpha value is -1.32. The number of nitrogens with zero attached hydrogens (tertiary/aromatic N) is 3. The van der Waals surface area contributed by atoms with E-state index in [0.29, 0.717) is 0 Å². The molecule has 0 atom stereocenters. The summed E-state index contributed by atoms with van der Waals surface area (Å²) in [5, 5.41) is 3.01. The number of rotatable bonds is 2. The zero-order valence-electron chi connectivity index (χ0n) is 7.92. The summed E-state index contributed by atoms with van der Waals surface area (Å²) >= 11 is 0. The first-order valence-electron chi connectivity index (χ1n) is 3.84. The van der Waals surface area contributed by atoms with Gasteiger partial charge in [0, 0.05) is 32.9 Å². The summed E-state index contributed by atoms with van der Waals surface area (Å²) in [5.41, 5.74) is 1.06.